The summed E-state index contributed by atoms with van der Waals surface area (Å²) in [5, 5.41) is 62.3. The number of carboxylic acid groups (broad SMARTS) is 2. The van der Waals surface area contributed by atoms with Crippen LogP contribution in [0.3, 0.4) is 0 Å². The Hall–Kier alpha value is -6.37. The average Bonchev–Trinajstić information content (AvgIpc) is 3.58. The predicted octanol–water partition coefficient (Wildman–Crippen LogP) is -5.67. The molecule has 2 aromatic rings. The molecule has 18 N–H and O–H groups in total. The molecule has 0 aliphatic carbocycles. The SMILES string of the molecule is C[C@H](NC(=O)[C@@H](N)Cc1c[nH]c2ccccc12)C(=O)N[C@@H](CO)C(=O)N[C@H](C(=O)N[C@@H](CCCN=C(N)N)C(=O)N[C@@H](CCC(=O)O)C(=O)N[C@@H](CO)C(=O)O)[C@@H](C)O. The summed E-state index contributed by atoms with van der Waals surface area (Å²) < 4.78 is 0. The van der Waals surface area contributed by atoms with Crippen LogP contribution >= 0.6 is 0 Å². The number of aliphatic carboxylic acids is 2. The van der Waals surface area contributed by atoms with E-state index in [1.807, 2.05) is 29.6 Å². The van der Waals surface area contributed by atoms with E-state index in [0.717, 1.165) is 23.4 Å². The molecule has 2 rings (SSSR count). The van der Waals surface area contributed by atoms with E-state index in [1.54, 1.807) is 6.20 Å². The third kappa shape index (κ3) is 15.8. The van der Waals surface area contributed by atoms with Gasteiger partial charge in [0.15, 0.2) is 5.96 Å². The molecule has 0 bridgehead atoms. The zero-order chi connectivity index (χ0) is 44.4. The smallest absolute Gasteiger partial charge is 0.328 e. The molecule has 59 heavy (non-hydrogen) atoms. The molecule has 0 saturated carbocycles. The normalized spacial score (nSPS) is 15.1. The molecule has 6 amide bonds. The number of nitrogens with zero attached hydrogens (tertiary/aromatic N) is 1. The van der Waals surface area contributed by atoms with Gasteiger partial charge in [-0.15, -0.1) is 0 Å². The van der Waals surface area contributed by atoms with Crippen molar-refractivity contribution in [2.75, 3.05) is 19.8 Å². The molecule has 0 aliphatic heterocycles. The Kier molecular flexibility index (Phi) is 19.6. The summed E-state index contributed by atoms with van der Waals surface area (Å²) in [6.07, 6.45) is -1.23. The highest BCUT2D eigenvalue weighted by Crippen LogP contribution is 2.19. The molecule has 0 fully saturated rings. The Bertz CT molecular complexity index is 1830. The molecule has 24 heteroatoms. The third-order valence-corrected chi connectivity index (χ3v) is 8.74. The average molecular weight is 836 g/mol. The number of carbonyl (C=O) groups is 8. The van der Waals surface area contributed by atoms with E-state index in [4.69, 9.17) is 22.3 Å². The maximum Gasteiger partial charge on any atom is 0.328 e. The quantitative estimate of drug-likeness (QED) is 0.0252. The van der Waals surface area contributed by atoms with Gasteiger partial charge >= 0.3 is 11.9 Å². The lowest BCUT2D eigenvalue weighted by molar-refractivity contribution is -0.144. The second kappa shape index (κ2) is 23.8. The summed E-state index contributed by atoms with van der Waals surface area (Å²) in [4.78, 5) is 108. The van der Waals surface area contributed by atoms with Crippen LogP contribution in [0.25, 0.3) is 10.9 Å². The van der Waals surface area contributed by atoms with Crippen molar-refractivity contribution in [3.8, 4) is 0 Å². The van der Waals surface area contributed by atoms with Gasteiger partial charge in [0.25, 0.3) is 0 Å². The van der Waals surface area contributed by atoms with E-state index < -0.39 is 122 Å². The van der Waals surface area contributed by atoms with Crippen molar-refractivity contribution < 1.29 is 63.9 Å². The Morgan fingerprint density at radius 1 is 0.729 bits per heavy atom. The fourth-order valence-electron chi connectivity index (χ4n) is 5.47. The molecule has 1 aromatic heterocycles. The number of carbonyl (C=O) groups excluding carboxylic acids is 6. The number of benzene rings is 1. The molecule has 0 saturated heterocycles. The summed E-state index contributed by atoms with van der Waals surface area (Å²) in [7, 11) is 0. The van der Waals surface area contributed by atoms with E-state index >= 15 is 0 Å². The van der Waals surface area contributed by atoms with Crippen LogP contribution in [0.15, 0.2) is 35.5 Å². The van der Waals surface area contributed by atoms with E-state index in [9.17, 15) is 58.8 Å². The van der Waals surface area contributed by atoms with Crippen molar-refractivity contribution in [1.82, 2.24) is 36.9 Å². The first kappa shape index (κ1) is 48.8. The molecule has 0 spiro atoms. The van der Waals surface area contributed by atoms with Crippen LogP contribution in [0.4, 0.5) is 0 Å². The Morgan fingerprint density at radius 3 is 1.86 bits per heavy atom. The number of aliphatic imine (C=N–C) groups is 1. The number of hydrogen-bond acceptors (Lipinski definition) is 13. The summed E-state index contributed by atoms with van der Waals surface area (Å²) in [6, 6.07) is -3.52. The highest BCUT2D eigenvalue weighted by molar-refractivity contribution is 5.97. The number of aliphatic hydroxyl groups excluding tert-OH is 3. The predicted molar refractivity (Wildman–Crippen MR) is 208 cm³/mol. The van der Waals surface area contributed by atoms with Crippen LogP contribution < -0.4 is 49.1 Å². The number of fused-ring (bicyclic) bond motifs is 1. The molecule has 1 aromatic carbocycles. The lowest BCUT2D eigenvalue weighted by Gasteiger charge is -2.28. The molecule has 24 nitrogen and oxygen atoms in total. The summed E-state index contributed by atoms with van der Waals surface area (Å²) >= 11 is 0. The number of aromatic amines is 1. The van der Waals surface area contributed by atoms with Gasteiger partial charge in [-0.2, -0.15) is 0 Å². The van der Waals surface area contributed by atoms with Gasteiger partial charge in [0.05, 0.1) is 25.4 Å². The molecule has 0 aliphatic rings. The van der Waals surface area contributed by atoms with E-state index in [0.29, 0.717) is 0 Å². The van der Waals surface area contributed by atoms with Gasteiger partial charge in [-0.3, -0.25) is 38.6 Å². The summed E-state index contributed by atoms with van der Waals surface area (Å²) in [5.41, 5.74) is 18.4. The van der Waals surface area contributed by atoms with Crippen LogP contribution in [0, 0.1) is 0 Å². The van der Waals surface area contributed by atoms with E-state index in [-0.39, 0.29) is 31.8 Å². The van der Waals surface area contributed by atoms with Gasteiger partial charge < -0.3 is 79.6 Å². The number of guanidine groups is 1. The number of para-hydroxylation sites is 1. The minimum absolute atomic E-state index is 0.0286. The number of hydrogen-bond donors (Lipinski definition) is 15. The maximum absolute atomic E-state index is 13.5. The molecule has 1 heterocycles. The van der Waals surface area contributed by atoms with Crippen molar-refractivity contribution in [1.29, 1.82) is 0 Å². The van der Waals surface area contributed by atoms with Crippen LogP contribution in [0.1, 0.15) is 45.1 Å². The molecular formula is C35H53N11O13. The Morgan fingerprint density at radius 2 is 1.29 bits per heavy atom. The minimum Gasteiger partial charge on any atom is -0.481 e. The number of amides is 6. The monoisotopic (exact) mass is 835 g/mol. The number of aliphatic hydroxyl groups is 3. The first-order valence-corrected chi connectivity index (χ1v) is 18.3. The zero-order valence-corrected chi connectivity index (χ0v) is 32.3. The number of nitrogens with two attached hydrogens (primary N) is 3. The first-order chi connectivity index (χ1) is 27.8. The van der Waals surface area contributed by atoms with Crippen LogP contribution in [-0.4, -0.2) is 152 Å². The minimum atomic E-state index is -1.83. The second-order valence-electron chi connectivity index (χ2n) is 13.5. The van der Waals surface area contributed by atoms with Gasteiger partial charge in [-0.25, -0.2) is 4.79 Å². The Balaban J connectivity index is 2.16. The van der Waals surface area contributed by atoms with Crippen molar-refractivity contribution in [3.05, 3.63) is 36.0 Å². The maximum atomic E-state index is 13.5. The van der Waals surface area contributed by atoms with Gasteiger partial charge in [0, 0.05) is 30.1 Å². The second-order valence-corrected chi connectivity index (χ2v) is 13.5. The number of carboxylic acids is 2. The first-order valence-electron chi connectivity index (χ1n) is 18.3. The van der Waals surface area contributed by atoms with Gasteiger partial charge in [0.2, 0.25) is 35.4 Å². The van der Waals surface area contributed by atoms with Gasteiger partial charge in [-0.05, 0) is 51.2 Å². The molecule has 0 radical (unpaired) electrons. The van der Waals surface area contributed by atoms with Crippen molar-refractivity contribution in [2.24, 2.45) is 22.2 Å². The van der Waals surface area contributed by atoms with Gasteiger partial charge in [0.1, 0.15) is 36.3 Å². The fraction of sp³-hybridized carbons (Fsp3) is 0.514. The number of rotatable bonds is 25. The van der Waals surface area contributed by atoms with Crippen molar-refractivity contribution in [2.45, 2.75) is 94.3 Å². The highest BCUT2D eigenvalue weighted by Gasteiger charge is 2.34. The lowest BCUT2D eigenvalue weighted by Crippen LogP contribution is -2.62. The molecular weight excluding hydrogens is 782 g/mol. The van der Waals surface area contributed by atoms with Crippen LogP contribution in [-0.2, 0) is 44.8 Å². The molecule has 326 valence electrons. The van der Waals surface area contributed by atoms with E-state index in [2.05, 4.69) is 36.6 Å². The van der Waals surface area contributed by atoms with Gasteiger partial charge in [-0.1, -0.05) is 18.2 Å². The summed E-state index contributed by atoms with van der Waals surface area (Å²) in [5.74, 6) is -9.47. The van der Waals surface area contributed by atoms with Crippen molar-refractivity contribution in [3.63, 3.8) is 0 Å². The Labute approximate surface area is 337 Å². The molecule has 0 unspecified atom stereocenters. The van der Waals surface area contributed by atoms with E-state index in [1.165, 1.54) is 6.92 Å². The molecule has 8 atom stereocenters. The fourth-order valence-corrected chi connectivity index (χ4v) is 5.47. The number of nitrogens with one attached hydrogen (secondary N) is 7. The van der Waals surface area contributed by atoms with Crippen LogP contribution in [0.5, 0.6) is 0 Å². The largest absolute Gasteiger partial charge is 0.481 e. The lowest BCUT2D eigenvalue weighted by atomic mass is 10.0. The third-order valence-electron chi connectivity index (χ3n) is 8.74. The summed E-state index contributed by atoms with van der Waals surface area (Å²) in [6.45, 7) is 0.324. The number of H-pyrrole nitrogens is 1. The standard InChI is InChI=1S/C35H53N11O13/c1-16(41-29(53)20(36)12-18-13-40-21-7-4-3-6-19(18)21)28(52)44-24(14-47)32(56)46-27(17(2)49)33(57)43-22(8-5-11-39-35(37)38)30(54)42-23(9-10-26(50)51)31(55)45-25(15-48)34(58)59/h3-4,6-7,13,16-17,20,22-25,27,40,47-49H,5,8-12,14-15,36H2,1-2H3,(H,41,53)(H,42,54)(H,43,57)(H,44,52)(H,45,55)(H,46,56)(H,50,51)(H,58,59)(H4,37,38,39)/t16-,17+,20-,22-,23-,24-,25-,27-/m0/s1. The van der Waals surface area contributed by atoms with Crippen LogP contribution in [0.2, 0.25) is 0 Å². The van der Waals surface area contributed by atoms with Crippen molar-refractivity contribution >= 4 is 64.2 Å². The number of aromatic nitrogens is 1. The topological polar surface area (TPSA) is 416 Å². The highest BCUT2D eigenvalue weighted by atomic mass is 16.4. The zero-order valence-electron chi connectivity index (χ0n) is 32.3.